The van der Waals surface area contributed by atoms with Crippen molar-refractivity contribution in [3.05, 3.63) is 53.1 Å². The summed E-state index contributed by atoms with van der Waals surface area (Å²) in [4.78, 5) is 14.3. The molecular weight excluding hydrogens is 350 g/mol. The van der Waals surface area contributed by atoms with Crippen LogP contribution in [0.25, 0.3) is 16.7 Å². The third-order valence-corrected chi connectivity index (χ3v) is 4.94. The van der Waals surface area contributed by atoms with Crippen LogP contribution in [0.4, 0.5) is 0 Å². The van der Waals surface area contributed by atoms with Gasteiger partial charge in [0, 0.05) is 14.1 Å². The van der Waals surface area contributed by atoms with Gasteiger partial charge < -0.3 is 15.1 Å². The largest absolute Gasteiger partial charge is 0.507 e. The van der Waals surface area contributed by atoms with E-state index in [1.807, 2.05) is 32.0 Å². The van der Waals surface area contributed by atoms with E-state index in [4.69, 9.17) is 0 Å². The molecule has 0 spiro atoms. The minimum absolute atomic E-state index is 0.0209. The molecule has 0 aliphatic heterocycles. The van der Waals surface area contributed by atoms with Crippen LogP contribution in [0.2, 0.25) is 0 Å². The Morgan fingerprint density at radius 3 is 2.39 bits per heavy atom. The number of unbranched alkanes of at least 4 members (excludes halogenated alkanes) is 2. The molecule has 0 fully saturated rings. The molecule has 0 radical (unpaired) electrons. The molecule has 0 aliphatic rings. The molecule has 150 valence electrons. The minimum Gasteiger partial charge on any atom is -0.507 e. The van der Waals surface area contributed by atoms with Crippen molar-refractivity contribution < 1.29 is 15.0 Å². The number of aryl methyl sites for hydroxylation is 2. The predicted octanol–water partition coefficient (Wildman–Crippen LogP) is 5.54. The van der Waals surface area contributed by atoms with E-state index in [0.29, 0.717) is 17.5 Å². The Labute approximate surface area is 168 Å². The molecule has 2 aromatic rings. The van der Waals surface area contributed by atoms with Crippen molar-refractivity contribution in [2.45, 2.75) is 46.5 Å². The molecule has 4 nitrogen and oxygen atoms in total. The zero-order valence-electron chi connectivity index (χ0n) is 17.6. The van der Waals surface area contributed by atoms with Crippen LogP contribution in [0, 0.1) is 6.92 Å². The molecule has 0 unspecified atom stereocenters. The van der Waals surface area contributed by atoms with Gasteiger partial charge in [-0.15, -0.1) is 0 Å². The number of allylic oxidation sites excluding steroid dienone is 1. The number of hydrogen-bond donors (Lipinski definition) is 2. The number of carbonyl (C=O) groups excluding carboxylic acids is 1. The summed E-state index contributed by atoms with van der Waals surface area (Å²) in [6.45, 7) is 9.96. The average molecular weight is 382 g/mol. The second kappa shape index (κ2) is 8.96. The Kier molecular flexibility index (Phi) is 6.90. The Morgan fingerprint density at radius 2 is 1.82 bits per heavy atom. The van der Waals surface area contributed by atoms with Gasteiger partial charge in [0.2, 0.25) is 0 Å². The van der Waals surface area contributed by atoms with Crippen molar-refractivity contribution in [2.24, 2.45) is 0 Å². The number of nitrogens with zero attached hydrogens (tertiary/aromatic N) is 1. The highest BCUT2D eigenvalue weighted by atomic mass is 16.3. The van der Waals surface area contributed by atoms with Crippen molar-refractivity contribution in [1.29, 1.82) is 0 Å². The van der Waals surface area contributed by atoms with Crippen molar-refractivity contribution in [2.75, 3.05) is 14.1 Å². The number of benzene rings is 2. The maximum Gasteiger partial charge on any atom is 0.257 e. The Hall–Kier alpha value is -2.75. The van der Waals surface area contributed by atoms with E-state index in [1.165, 1.54) is 4.90 Å². The lowest BCUT2D eigenvalue weighted by atomic mass is 9.88. The van der Waals surface area contributed by atoms with Gasteiger partial charge in [-0.05, 0) is 49.4 Å². The zero-order chi connectivity index (χ0) is 21.0. The lowest BCUT2D eigenvalue weighted by molar-refractivity contribution is 0.0823. The predicted molar refractivity (Wildman–Crippen MR) is 116 cm³/mol. The molecule has 2 aromatic carbocycles. The SMILES string of the molecule is C=C(C)c1ccc(C)cc1-c1c(O)cc(CCCCC)c(C(=O)N(C)C)c1O. The molecule has 0 atom stereocenters. The van der Waals surface area contributed by atoms with Crippen molar-refractivity contribution >= 4 is 11.5 Å². The highest BCUT2D eigenvalue weighted by Crippen LogP contribution is 2.45. The quantitative estimate of drug-likeness (QED) is 0.619. The van der Waals surface area contributed by atoms with Gasteiger partial charge in [0.25, 0.3) is 5.91 Å². The van der Waals surface area contributed by atoms with E-state index in [0.717, 1.165) is 36.0 Å². The normalized spacial score (nSPS) is 10.8. The van der Waals surface area contributed by atoms with Crippen LogP contribution in [0.15, 0.2) is 30.8 Å². The molecule has 2 rings (SSSR count). The number of phenols is 2. The summed E-state index contributed by atoms with van der Waals surface area (Å²) >= 11 is 0. The van der Waals surface area contributed by atoms with Gasteiger partial charge in [-0.3, -0.25) is 4.79 Å². The van der Waals surface area contributed by atoms with E-state index in [9.17, 15) is 15.0 Å². The number of hydrogen-bond acceptors (Lipinski definition) is 3. The molecule has 4 heteroatoms. The molecule has 1 amide bonds. The van der Waals surface area contributed by atoms with E-state index in [2.05, 4.69) is 13.5 Å². The van der Waals surface area contributed by atoms with E-state index in [-0.39, 0.29) is 28.5 Å². The highest BCUT2D eigenvalue weighted by Gasteiger charge is 2.25. The molecule has 0 aliphatic carbocycles. The van der Waals surface area contributed by atoms with Crippen molar-refractivity contribution in [3.8, 4) is 22.6 Å². The Bertz CT molecular complexity index is 897. The third-order valence-electron chi connectivity index (χ3n) is 4.94. The Morgan fingerprint density at radius 1 is 1.14 bits per heavy atom. The molecule has 28 heavy (non-hydrogen) atoms. The summed E-state index contributed by atoms with van der Waals surface area (Å²) in [7, 11) is 3.33. The second-order valence-electron chi connectivity index (χ2n) is 7.64. The fourth-order valence-corrected chi connectivity index (χ4v) is 3.44. The summed E-state index contributed by atoms with van der Waals surface area (Å²) < 4.78 is 0. The molecule has 0 saturated heterocycles. The average Bonchev–Trinajstić information content (AvgIpc) is 2.61. The molecular formula is C24H31NO3. The number of rotatable bonds is 7. The van der Waals surface area contributed by atoms with Crippen LogP contribution in [0.5, 0.6) is 11.5 Å². The first kappa shape index (κ1) is 21.5. The van der Waals surface area contributed by atoms with E-state index >= 15 is 0 Å². The standard InChI is InChI=1S/C24H31NO3/c1-7-8-9-10-17-14-20(26)22(23(27)21(17)24(28)25(5)6)19-13-16(4)11-12-18(19)15(2)3/h11-14,26-27H,2,7-10H2,1,3-6H3. The minimum atomic E-state index is -0.269. The van der Waals surface area contributed by atoms with Crippen LogP contribution >= 0.6 is 0 Å². The van der Waals surface area contributed by atoms with E-state index < -0.39 is 0 Å². The summed E-state index contributed by atoms with van der Waals surface area (Å²) in [6, 6.07) is 7.42. The maximum absolute atomic E-state index is 12.9. The topological polar surface area (TPSA) is 60.8 Å². The summed E-state index contributed by atoms with van der Waals surface area (Å²) in [5, 5.41) is 21.9. The lowest BCUT2D eigenvalue weighted by Gasteiger charge is -2.20. The number of amides is 1. The number of carbonyl (C=O) groups is 1. The van der Waals surface area contributed by atoms with Crippen LogP contribution < -0.4 is 0 Å². The third kappa shape index (κ3) is 4.38. The van der Waals surface area contributed by atoms with Gasteiger partial charge in [0.05, 0.1) is 11.1 Å². The van der Waals surface area contributed by atoms with Crippen LogP contribution in [-0.2, 0) is 6.42 Å². The summed E-state index contributed by atoms with van der Waals surface area (Å²) in [5.41, 5.74) is 4.55. The second-order valence-corrected chi connectivity index (χ2v) is 7.64. The smallest absolute Gasteiger partial charge is 0.257 e. The maximum atomic E-state index is 12.9. The van der Waals surface area contributed by atoms with Crippen molar-refractivity contribution in [3.63, 3.8) is 0 Å². The number of aromatic hydroxyl groups is 2. The van der Waals surface area contributed by atoms with Gasteiger partial charge >= 0.3 is 0 Å². The molecule has 0 aromatic heterocycles. The lowest BCUT2D eigenvalue weighted by Crippen LogP contribution is -2.23. The fourth-order valence-electron chi connectivity index (χ4n) is 3.44. The monoisotopic (exact) mass is 381 g/mol. The zero-order valence-corrected chi connectivity index (χ0v) is 17.6. The Balaban J connectivity index is 2.77. The van der Waals surface area contributed by atoms with Crippen molar-refractivity contribution in [1.82, 2.24) is 4.90 Å². The first-order valence-corrected chi connectivity index (χ1v) is 9.75. The van der Waals surface area contributed by atoms with Gasteiger partial charge in [0.15, 0.2) is 0 Å². The van der Waals surface area contributed by atoms with Crippen LogP contribution in [-0.4, -0.2) is 35.1 Å². The first-order valence-electron chi connectivity index (χ1n) is 9.75. The molecule has 0 saturated carbocycles. The fraction of sp³-hybridized carbons (Fsp3) is 0.375. The number of phenolic OH excluding ortho intramolecular Hbond substituents is 2. The van der Waals surface area contributed by atoms with Gasteiger partial charge in [0.1, 0.15) is 11.5 Å². The van der Waals surface area contributed by atoms with Crippen LogP contribution in [0.1, 0.15) is 60.2 Å². The van der Waals surface area contributed by atoms with Gasteiger partial charge in [-0.25, -0.2) is 0 Å². The summed E-state index contributed by atoms with van der Waals surface area (Å²) in [6.07, 6.45) is 3.60. The summed E-state index contributed by atoms with van der Waals surface area (Å²) in [5.74, 6) is -0.458. The highest BCUT2D eigenvalue weighted by molar-refractivity contribution is 6.02. The molecule has 0 heterocycles. The van der Waals surface area contributed by atoms with Gasteiger partial charge in [-0.2, -0.15) is 0 Å². The first-order chi connectivity index (χ1) is 13.2. The molecule has 0 bridgehead atoms. The van der Waals surface area contributed by atoms with Gasteiger partial charge in [-0.1, -0.05) is 55.7 Å². The van der Waals surface area contributed by atoms with Crippen LogP contribution in [0.3, 0.4) is 0 Å². The van der Waals surface area contributed by atoms with E-state index in [1.54, 1.807) is 20.2 Å². The molecule has 2 N–H and O–H groups in total.